The monoisotopic (exact) mass is 553 g/mol. The molecule has 1 aromatic heterocycles. The number of rotatable bonds is 9. The molecular weight excluding hydrogens is 518 g/mol. The van der Waals surface area contributed by atoms with Crippen LogP contribution in [0.5, 0.6) is 5.75 Å². The first-order valence-electron chi connectivity index (χ1n) is 12.6. The number of hydrogen-bond donors (Lipinski definition) is 3. The fraction of sp³-hybridized carbons (Fsp3) is 0.300. The fourth-order valence-corrected chi connectivity index (χ4v) is 4.16. The van der Waals surface area contributed by atoms with E-state index in [0.29, 0.717) is 35.2 Å². The van der Waals surface area contributed by atoms with E-state index in [4.69, 9.17) is 13.7 Å². The van der Waals surface area contributed by atoms with Crippen molar-refractivity contribution >= 4 is 26.9 Å². The van der Waals surface area contributed by atoms with Crippen molar-refractivity contribution in [3.8, 4) is 5.75 Å². The van der Waals surface area contributed by atoms with Gasteiger partial charge in [-0.2, -0.15) is 8.42 Å². The third-order valence-corrected chi connectivity index (χ3v) is 6.82. The van der Waals surface area contributed by atoms with Gasteiger partial charge < -0.3 is 19.6 Å². The molecule has 0 saturated heterocycles. The zero-order chi connectivity index (χ0) is 28.7. The molecule has 39 heavy (non-hydrogen) atoms. The number of benzene rings is 3. The highest BCUT2D eigenvalue weighted by atomic mass is 32.2. The van der Waals surface area contributed by atoms with E-state index in [9.17, 15) is 18.3 Å². The Morgan fingerprint density at radius 1 is 0.949 bits per heavy atom. The molecule has 1 atom stereocenters. The number of hydrogen-bond acceptors (Lipinski definition) is 7. The number of carbonyl (C=O) groups is 1. The van der Waals surface area contributed by atoms with Gasteiger partial charge in [-0.3, -0.25) is 9.35 Å². The van der Waals surface area contributed by atoms with Crippen molar-refractivity contribution in [1.29, 1.82) is 0 Å². The zero-order valence-electron chi connectivity index (χ0n) is 22.8. The molecule has 3 N–H and O–H groups in total. The van der Waals surface area contributed by atoms with E-state index in [1.165, 1.54) is 12.1 Å². The number of ketones is 1. The summed E-state index contributed by atoms with van der Waals surface area (Å²) in [6.45, 7) is 10.4. The number of nitrogens with one attached hydrogen (secondary N) is 1. The summed E-state index contributed by atoms with van der Waals surface area (Å²) < 4.78 is 41.1. The lowest BCUT2D eigenvalue weighted by Gasteiger charge is -2.15. The predicted molar refractivity (Wildman–Crippen MR) is 151 cm³/mol. The molecule has 9 heteroatoms. The van der Waals surface area contributed by atoms with Crippen LogP contribution in [0.3, 0.4) is 0 Å². The minimum absolute atomic E-state index is 0.0666. The molecular formula is C30H35NO7S. The van der Waals surface area contributed by atoms with Crippen LogP contribution < -0.4 is 10.1 Å². The van der Waals surface area contributed by atoms with Crippen molar-refractivity contribution in [2.75, 3.05) is 13.2 Å². The highest BCUT2D eigenvalue weighted by molar-refractivity contribution is 7.85. The molecule has 4 aromatic rings. The Kier molecular flexibility index (Phi) is 10.0. The molecule has 1 unspecified atom stereocenters. The third kappa shape index (κ3) is 8.49. The number of aliphatic hydroxyl groups excluding tert-OH is 1. The van der Waals surface area contributed by atoms with Crippen molar-refractivity contribution in [2.45, 2.75) is 51.7 Å². The van der Waals surface area contributed by atoms with Gasteiger partial charge in [0.05, 0.1) is 4.90 Å². The van der Waals surface area contributed by atoms with Gasteiger partial charge in [-0.15, -0.1) is 0 Å². The van der Waals surface area contributed by atoms with Gasteiger partial charge in [-0.25, -0.2) is 0 Å². The molecule has 0 amide bonds. The van der Waals surface area contributed by atoms with Crippen LogP contribution in [0.4, 0.5) is 0 Å². The van der Waals surface area contributed by atoms with Crippen LogP contribution >= 0.6 is 0 Å². The third-order valence-electron chi connectivity index (χ3n) is 5.95. The Hall–Kier alpha value is -3.50. The molecule has 0 aliphatic carbocycles. The number of carbonyl (C=O) groups excluding carboxylic acids is 1. The Morgan fingerprint density at radius 2 is 1.54 bits per heavy atom. The second kappa shape index (κ2) is 13.0. The number of fused-ring (bicyclic) bond motifs is 1. The number of aliphatic hydroxyl groups is 1. The maximum atomic E-state index is 12.8. The molecule has 0 radical (unpaired) electrons. The van der Waals surface area contributed by atoms with E-state index in [0.717, 1.165) is 22.1 Å². The van der Waals surface area contributed by atoms with Crippen LogP contribution in [-0.4, -0.2) is 49.2 Å². The molecule has 0 fully saturated rings. The van der Waals surface area contributed by atoms with Gasteiger partial charge in [0.2, 0.25) is 5.78 Å². The first kappa shape index (κ1) is 30.0. The van der Waals surface area contributed by atoms with Crippen LogP contribution in [0.25, 0.3) is 11.0 Å². The molecule has 0 bridgehead atoms. The van der Waals surface area contributed by atoms with E-state index >= 15 is 0 Å². The van der Waals surface area contributed by atoms with Gasteiger partial charge in [0.1, 0.15) is 24.0 Å². The van der Waals surface area contributed by atoms with Crippen molar-refractivity contribution in [3.05, 3.63) is 94.7 Å². The van der Waals surface area contributed by atoms with Gasteiger partial charge in [-0.1, -0.05) is 61.4 Å². The average molecular weight is 554 g/mol. The molecule has 4 rings (SSSR count). The summed E-state index contributed by atoms with van der Waals surface area (Å²) in [5, 5.41) is 14.0. The van der Waals surface area contributed by atoms with E-state index in [1.54, 1.807) is 24.3 Å². The second-order valence-electron chi connectivity index (χ2n) is 9.73. The van der Waals surface area contributed by atoms with E-state index in [2.05, 4.69) is 5.32 Å². The van der Waals surface area contributed by atoms with E-state index < -0.39 is 16.2 Å². The second-order valence-corrected chi connectivity index (χ2v) is 11.1. The Balaban J connectivity index is 0.000000320. The van der Waals surface area contributed by atoms with E-state index in [1.807, 2.05) is 65.0 Å². The normalized spacial score (nSPS) is 12.2. The van der Waals surface area contributed by atoms with Crippen molar-refractivity contribution in [1.82, 2.24) is 5.32 Å². The maximum Gasteiger partial charge on any atom is 0.294 e. The van der Waals surface area contributed by atoms with Crippen LogP contribution in [-0.2, 0) is 10.1 Å². The van der Waals surface area contributed by atoms with Gasteiger partial charge in [0, 0.05) is 29.1 Å². The summed E-state index contributed by atoms with van der Waals surface area (Å²) >= 11 is 0. The molecule has 8 nitrogen and oxygen atoms in total. The predicted octanol–water partition coefficient (Wildman–Crippen LogP) is 5.26. The van der Waals surface area contributed by atoms with E-state index in [-0.39, 0.29) is 17.3 Å². The van der Waals surface area contributed by atoms with Gasteiger partial charge >= 0.3 is 0 Å². The van der Waals surface area contributed by atoms with Gasteiger partial charge in [0.15, 0.2) is 5.76 Å². The SMILES string of the molecule is Cc1ccc(C(=O)c2oc3ccc(OCC(O)CNC(C)C)cc3c2C)cc1.Cc1ccc(S(=O)(=O)O)cc1. The highest BCUT2D eigenvalue weighted by Gasteiger charge is 2.20. The summed E-state index contributed by atoms with van der Waals surface area (Å²) in [5.74, 6) is 0.845. The fourth-order valence-electron chi connectivity index (χ4n) is 3.68. The standard InChI is InChI=1S/C23H27NO4.C7H8O3S/c1-14(2)24-12-18(25)13-27-19-9-10-21-20(11-19)16(4)23(28-21)22(26)17-7-5-15(3)6-8-17;1-6-2-4-7(5-3-6)11(8,9)10/h5-11,14,18,24-25H,12-13H2,1-4H3;2-5H,1H3,(H,8,9,10). The quantitative estimate of drug-likeness (QED) is 0.189. The largest absolute Gasteiger partial charge is 0.491 e. The van der Waals surface area contributed by atoms with Crippen molar-refractivity contribution < 1.29 is 32.0 Å². The summed E-state index contributed by atoms with van der Waals surface area (Å²) in [4.78, 5) is 12.7. The lowest BCUT2D eigenvalue weighted by molar-refractivity contribution is 0.101. The summed E-state index contributed by atoms with van der Waals surface area (Å²) in [5.41, 5.74) is 4.09. The summed E-state index contributed by atoms with van der Waals surface area (Å²) in [7, 11) is -4.02. The zero-order valence-corrected chi connectivity index (χ0v) is 23.6. The Bertz CT molecular complexity index is 1510. The number of aryl methyl sites for hydroxylation is 3. The lowest BCUT2D eigenvalue weighted by atomic mass is 10.0. The minimum Gasteiger partial charge on any atom is -0.491 e. The average Bonchev–Trinajstić information content (AvgIpc) is 3.22. The molecule has 3 aromatic carbocycles. The minimum atomic E-state index is -4.02. The lowest BCUT2D eigenvalue weighted by Crippen LogP contribution is -2.35. The molecule has 208 valence electrons. The molecule has 0 aliphatic rings. The van der Waals surface area contributed by atoms with Gasteiger partial charge in [0.25, 0.3) is 10.1 Å². The van der Waals surface area contributed by atoms with Gasteiger partial charge in [-0.05, 0) is 51.1 Å². The number of furan rings is 1. The first-order chi connectivity index (χ1) is 18.3. The van der Waals surface area contributed by atoms with Crippen LogP contribution in [0, 0.1) is 20.8 Å². The van der Waals surface area contributed by atoms with Crippen LogP contribution in [0.15, 0.2) is 76.0 Å². The molecule has 0 saturated carbocycles. The summed E-state index contributed by atoms with van der Waals surface area (Å²) in [6, 6.07) is 19.2. The maximum absolute atomic E-state index is 12.8. The Labute approximate surface area is 229 Å². The molecule has 0 aliphatic heterocycles. The van der Waals surface area contributed by atoms with Crippen molar-refractivity contribution in [2.24, 2.45) is 0 Å². The Morgan fingerprint density at radius 3 is 2.10 bits per heavy atom. The van der Waals surface area contributed by atoms with Crippen LogP contribution in [0.1, 0.15) is 46.7 Å². The molecule has 1 heterocycles. The summed E-state index contributed by atoms with van der Waals surface area (Å²) in [6.07, 6.45) is -0.595. The topological polar surface area (TPSA) is 126 Å². The van der Waals surface area contributed by atoms with Crippen molar-refractivity contribution in [3.63, 3.8) is 0 Å². The number of ether oxygens (including phenoxy) is 1. The first-order valence-corrected chi connectivity index (χ1v) is 14.0. The van der Waals surface area contributed by atoms with Crippen LogP contribution in [0.2, 0.25) is 0 Å². The highest BCUT2D eigenvalue weighted by Crippen LogP contribution is 2.30. The molecule has 0 spiro atoms. The smallest absolute Gasteiger partial charge is 0.294 e.